The summed E-state index contributed by atoms with van der Waals surface area (Å²) in [5.74, 6) is 0.801. The molecule has 0 radical (unpaired) electrons. The van der Waals surface area contributed by atoms with E-state index in [1.807, 2.05) is 42.5 Å². The largest absolute Gasteiger partial charge is 0.263 e. The van der Waals surface area contributed by atoms with Gasteiger partial charge < -0.3 is 0 Å². The number of rotatable bonds is 4. The molecule has 1 unspecified atom stereocenters. The van der Waals surface area contributed by atoms with Crippen LogP contribution in [-0.2, 0) is 10.0 Å². The SMILES string of the molecule is O=S(=O)(c1ccccc1-c1ccccc1)N1CCC(c2ncn[nH]2)C1. The van der Waals surface area contributed by atoms with Crippen LogP contribution in [0.4, 0.5) is 0 Å². The van der Waals surface area contributed by atoms with Crippen LogP contribution in [0.15, 0.2) is 65.8 Å². The summed E-state index contributed by atoms with van der Waals surface area (Å²) in [6.45, 7) is 0.900. The van der Waals surface area contributed by atoms with Crippen molar-refractivity contribution in [1.29, 1.82) is 0 Å². The lowest BCUT2D eigenvalue weighted by Gasteiger charge is -2.18. The minimum atomic E-state index is -3.57. The van der Waals surface area contributed by atoms with Crippen molar-refractivity contribution in [2.75, 3.05) is 13.1 Å². The Labute approximate surface area is 146 Å². The molecule has 0 bridgehead atoms. The summed E-state index contributed by atoms with van der Waals surface area (Å²) in [6.07, 6.45) is 2.19. The summed E-state index contributed by atoms with van der Waals surface area (Å²) < 4.78 is 28.0. The summed E-state index contributed by atoms with van der Waals surface area (Å²) in [6, 6.07) is 16.8. The zero-order valence-electron chi connectivity index (χ0n) is 13.5. The maximum Gasteiger partial charge on any atom is 0.243 e. The first kappa shape index (κ1) is 16.0. The van der Waals surface area contributed by atoms with E-state index in [2.05, 4.69) is 15.2 Å². The van der Waals surface area contributed by atoms with Gasteiger partial charge in [0.15, 0.2) is 0 Å². The van der Waals surface area contributed by atoms with Gasteiger partial charge in [0.1, 0.15) is 12.2 Å². The van der Waals surface area contributed by atoms with E-state index in [-0.39, 0.29) is 5.92 Å². The van der Waals surface area contributed by atoms with E-state index in [0.29, 0.717) is 18.0 Å². The van der Waals surface area contributed by atoms with E-state index in [1.165, 1.54) is 6.33 Å². The van der Waals surface area contributed by atoms with Gasteiger partial charge in [0, 0.05) is 24.6 Å². The monoisotopic (exact) mass is 354 g/mol. The predicted molar refractivity (Wildman–Crippen MR) is 94.4 cm³/mol. The van der Waals surface area contributed by atoms with Crippen LogP contribution < -0.4 is 0 Å². The number of sulfonamides is 1. The van der Waals surface area contributed by atoms with Crippen LogP contribution in [0.1, 0.15) is 18.2 Å². The third-order valence-electron chi connectivity index (χ3n) is 4.56. The van der Waals surface area contributed by atoms with Crippen LogP contribution in [0.2, 0.25) is 0 Å². The molecule has 1 N–H and O–H groups in total. The molecule has 2 aromatic carbocycles. The summed E-state index contributed by atoms with van der Waals surface area (Å²) in [4.78, 5) is 4.51. The van der Waals surface area contributed by atoms with Gasteiger partial charge in [-0.25, -0.2) is 13.4 Å². The summed E-state index contributed by atoms with van der Waals surface area (Å²) in [7, 11) is -3.57. The molecule has 128 valence electrons. The lowest BCUT2D eigenvalue weighted by Crippen LogP contribution is -2.29. The molecule has 0 spiro atoms. The normalized spacial score (nSPS) is 18.5. The molecule has 4 rings (SSSR count). The minimum absolute atomic E-state index is 0.0566. The fraction of sp³-hybridized carbons (Fsp3) is 0.222. The molecule has 25 heavy (non-hydrogen) atoms. The molecule has 3 aromatic rings. The quantitative estimate of drug-likeness (QED) is 0.781. The second kappa shape index (κ2) is 6.42. The Kier molecular flexibility index (Phi) is 4.10. The van der Waals surface area contributed by atoms with E-state index in [9.17, 15) is 8.42 Å². The number of benzene rings is 2. The Morgan fingerprint density at radius 1 is 1.04 bits per heavy atom. The van der Waals surface area contributed by atoms with Gasteiger partial charge in [-0.05, 0) is 18.1 Å². The molecular weight excluding hydrogens is 336 g/mol. The first-order valence-corrected chi connectivity index (χ1v) is 9.60. The van der Waals surface area contributed by atoms with Gasteiger partial charge in [-0.15, -0.1) is 0 Å². The van der Waals surface area contributed by atoms with Crippen molar-refractivity contribution in [2.24, 2.45) is 0 Å². The smallest absolute Gasteiger partial charge is 0.243 e. The van der Waals surface area contributed by atoms with E-state index >= 15 is 0 Å². The van der Waals surface area contributed by atoms with Crippen LogP contribution >= 0.6 is 0 Å². The van der Waals surface area contributed by atoms with Gasteiger partial charge in [-0.3, -0.25) is 5.10 Å². The highest BCUT2D eigenvalue weighted by Gasteiger charge is 2.35. The fourth-order valence-electron chi connectivity index (χ4n) is 3.27. The number of aromatic nitrogens is 3. The molecule has 7 heteroatoms. The molecule has 1 saturated heterocycles. The Morgan fingerprint density at radius 3 is 2.56 bits per heavy atom. The predicted octanol–water partition coefficient (Wildman–Crippen LogP) is 2.65. The van der Waals surface area contributed by atoms with Crippen molar-refractivity contribution in [3.05, 3.63) is 66.7 Å². The van der Waals surface area contributed by atoms with E-state index in [4.69, 9.17) is 0 Å². The maximum absolute atomic E-state index is 13.2. The molecule has 1 aromatic heterocycles. The van der Waals surface area contributed by atoms with Gasteiger partial charge in [0.25, 0.3) is 0 Å². The van der Waals surface area contributed by atoms with E-state index in [1.54, 1.807) is 16.4 Å². The van der Waals surface area contributed by atoms with Crippen molar-refractivity contribution in [3.8, 4) is 11.1 Å². The van der Waals surface area contributed by atoms with Crippen molar-refractivity contribution in [3.63, 3.8) is 0 Å². The third-order valence-corrected chi connectivity index (χ3v) is 6.48. The highest BCUT2D eigenvalue weighted by Crippen LogP contribution is 2.33. The molecule has 2 heterocycles. The second-order valence-corrected chi connectivity index (χ2v) is 7.99. The minimum Gasteiger partial charge on any atom is -0.263 e. The van der Waals surface area contributed by atoms with E-state index in [0.717, 1.165) is 23.4 Å². The molecular formula is C18H18N4O2S. The molecule has 0 amide bonds. The van der Waals surface area contributed by atoms with Crippen LogP contribution in [0.25, 0.3) is 11.1 Å². The average molecular weight is 354 g/mol. The van der Waals surface area contributed by atoms with Crippen molar-refractivity contribution in [2.45, 2.75) is 17.2 Å². The molecule has 0 saturated carbocycles. The first-order valence-electron chi connectivity index (χ1n) is 8.16. The van der Waals surface area contributed by atoms with E-state index < -0.39 is 10.0 Å². The van der Waals surface area contributed by atoms with Crippen LogP contribution in [0.3, 0.4) is 0 Å². The third kappa shape index (κ3) is 2.96. The standard InChI is InChI=1S/C18H18N4O2S/c23-25(24,22-11-10-15(12-22)18-19-13-20-21-18)17-9-5-4-8-16(17)14-6-2-1-3-7-14/h1-9,13,15H,10-12H2,(H,19,20,21). The molecule has 1 fully saturated rings. The highest BCUT2D eigenvalue weighted by atomic mass is 32.2. The van der Waals surface area contributed by atoms with Crippen molar-refractivity contribution >= 4 is 10.0 Å². The summed E-state index contributed by atoms with van der Waals surface area (Å²) in [5, 5.41) is 6.71. The Balaban J connectivity index is 1.68. The molecule has 1 aliphatic rings. The Morgan fingerprint density at radius 2 is 1.80 bits per heavy atom. The van der Waals surface area contributed by atoms with Crippen LogP contribution in [0.5, 0.6) is 0 Å². The topological polar surface area (TPSA) is 79.0 Å². The molecule has 0 aliphatic carbocycles. The molecule has 1 aliphatic heterocycles. The fourth-order valence-corrected chi connectivity index (χ4v) is 4.98. The zero-order valence-corrected chi connectivity index (χ0v) is 14.4. The average Bonchev–Trinajstić information content (AvgIpc) is 3.34. The van der Waals surface area contributed by atoms with Gasteiger partial charge in [0.2, 0.25) is 10.0 Å². The second-order valence-electron chi connectivity index (χ2n) is 6.08. The molecule has 6 nitrogen and oxygen atoms in total. The summed E-state index contributed by atoms with van der Waals surface area (Å²) in [5.41, 5.74) is 1.62. The Hall–Kier alpha value is -2.51. The van der Waals surface area contributed by atoms with Gasteiger partial charge in [0.05, 0.1) is 4.90 Å². The first-order chi connectivity index (χ1) is 12.2. The number of hydrogen-bond donors (Lipinski definition) is 1. The zero-order chi connectivity index (χ0) is 17.3. The van der Waals surface area contributed by atoms with Crippen LogP contribution in [0, 0.1) is 0 Å². The Bertz CT molecular complexity index is 956. The van der Waals surface area contributed by atoms with Crippen molar-refractivity contribution in [1.82, 2.24) is 19.5 Å². The number of aromatic amines is 1. The number of nitrogens with one attached hydrogen (secondary N) is 1. The number of H-pyrrole nitrogens is 1. The highest BCUT2D eigenvalue weighted by molar-refractivity contribution is 7.89. The van der Waals surface area contributed by atoms with Crippen molar-refractivity contribution < 1.29 is 8.42 Å². The van der Waals surface area contributed by atoms with Gasteiger partial charge >= 0.3 is 0 Å². The maximum atomic E-state index is 13.2. The lowest BCUT2D eigenvalue weighted by molar-refractivity contribution is 0.471. The van der Waals surface area contributed by atoms with Crippen LogP contribution in [-0.4, -0.2) is 41.0 Å². The summed E-state index contributed by atoms with van der Waals surface area (Å²) >= 11 is 0. The van der Waals surface area contributed by atoms with Gasteiger partial charge in [-0.1, -0.05) is 48.5 Å². The lowest BCUT2D eigenvalue weighted by atomic mass is 10.1. The number of hydrogen-bond acceptors (Lipinski definition) is 4. The molecule has 1 atom stereocenters. The van der Waals surface area contributed by atoms with Gasteiger partial charge in [-0.2, -0.15) is 9.40 Å². The number of nitrogens with zero attached hydrogens (tertiary/aromatic N) is 3.